The van der Waals surface area contributed by atoms with Crippen LogP contribution in [0.4, 0.5) is 0 Å². The van der Waals surface area contributed by atoms with Crippen LogP contribution in [0.2, 0.25) is 0 Å². The number of fused-ring (bicyclic) bond motifs is 1. The number of Topliss-reactive ketones (excluding diaryl/α,β-unsaturated/α-hetero) is 1. The first-order valence-corrected chi connectivity index (χ1v) is 9.16. The molecule has 138 valence electrons. The predicted molar refractivity (Wildman–Crippen MR) is 100 cm³/mol. The third kappa shape index (κ3) is 4.68. The average Bonchev–Trinajstić information content (AvgIpc) is 2.65. The highest BCUT2D eigenvalue weighted by molar-refractivity contribution is 5.96. The Morgan fingerprint density at radius 2 is 2.08 bits per heavy atom. The molecule has 0 fully saturated rings. The molecule has 5 nitrogen and oxygen atoms in total. The van der Waals surface area contributed by atoms with Gasteiger partial charge in [0.15, 0.2) is 5.78 Å². The van der Waals surface area contributed by atoms with Crippen LogP contribution in [0.25, 0.3) is 0 Å². The molecule has 0 unspecified atom stereocenters. The van der Waals surface area contributed by atoms with E-state index in [2.05, 4.69) is 22.4 Å². The lowest BCUT2D eigenvalue weighted by Crippen LogP contribution is -2.44. The van der Waals surface area contributed by atoms with Gasteiger partial charge in [-0.3, -0.25) is 9.78 Å². The number of hydrogen-bond donors (Lipinski definition) is 2. The molecule has 2 N–H and O–H groups in total. The summed E-state index contributed by atoms with van der Waals surface area (Å²) < 4.78 is 5.58. The van der Waals surface area contributed by atoms with Gasteiger partial charge in [0, 0.05) is 30.8 Å². The maximum atomic E-state index is 12.4. The van der Waals surface area contributed by atoms with Gasteiger partial charge in [0.1, 0.15) is 5.75 Å². The Kier molecular flexibility index (Phi) is 6.01. The van der Waals surface area contributed by atoms with Gasteiger partial charge in [-0.1, -0.05) is 24.3 Å². The van der Waals surface area contributed by atoms with Gasteiger partial charge >= 0.3 is 0 Å². The second-order valence-corrected chi connectivity index (χ2v) is 7.07. The number of aromatic nitrogens is 1. The zero-order valence-corrected chi connectivity index (χ0v) is 15.3. The van der Waals surface area contributed by atoms with Crippen LogP contribution in [-0.4, -0.2) is 34.1 Å². The Bertz CT molecular complexity index is 760. The van der Waals surface area contributed by atoms with E-state index < -0.39 is 6.10 Å². The van der Waals surface area contributed by atoms with Crippen molar-refractivity contribution in [3.63, 3.8) is 0 Å². The summed E-state index contributed by atoms with van der Waals surface area (Å²) >= 11 is 0. The van der Waals surface area contributed by atoms with Gasteiger partial charge in [-0.15, -0.1) is 0 Å². The molecular weight excluding hydrogens is 328 g/mol. The standard InChI is InChI=1S/C21H26N2O3/c1-14(2)26-18-9-17(11-22-13-18)20(24)7-8-21(25)19-10-15-5-3-4-6-16(15)12-23-19/h3-6,9,11,13-14,19,21,23,25H,7-8,10,12H2,1-2H3/t19-,21+/m0/s1. The molecule has 1 aromatic carbocycles. The lowest BCUT2D eigenvalue weighted by atomic mass is 9.91. The number of ketones is 1. The normalized spacial score (nSPS) is 17.6. The molecule has 0 saturated heterocycles. The molecular formula is C21H26N2O3. The van der Waals surface area contributed by atoms with E-state index in [1.165, 1.54) is 11.1 Å². The van der Waals surface area contributed by atoms with Crippen molar-refractivity contribution in [1.29, 1.82) is 0 Å². The number of aliphatic hydroxyl groups excluding tert-OH is 1. The molecule has 0 bridgehead atoms. The molecule has 2 heterocycles. The summed E-state index contributed by atoms with van der Waals surface area (Å²) in [6.07, 6.45) is 4.12. The molecule has 3 rings (SSSR count). The minimum absolute atomic E-state index is 0.0218. The Balaban J connectivity index is 1.55. The maximum absolute atomic E-state index is 12.4. The Morgan fingerprint density at radius 1 is 1.31 bits per heavy atom. The van der Waals surface area contributed by atoms with Crippen LogP contribution in [0.5, 0.6) is 5.75 Å². The molecule has 0 spiro atoms. The van der Waals surface area contributed by atoms with E-state index in [-0.39, 0.29) is 24.3 Å². The lowest BCUT2D eigenvalue weighted by molar-refractivity contribution is 0.0876. The smallest absolute Gasteiger partial charge is 0.164 e. The van der Waals surface area contributed by atoms with Crippen LogP contribution in [0, 0.1) is 0 Å². The van der Waals surface area contributed by atoms with E-state index in [1.54, 1.807) is 18.5 Å². The molecule has 1 aliphatic heterocycles. The highest BCUT2D eigenvalue weighted by Gasteiger charge is 2.24. The fraction of sp³-hybridized carbons (Fsp3) is 0.429. The molecule has 0 amide bonds. The quantitative estimate of drug-likeness (QED) is 0.748. The highest BCUT2D eigenvalue weighted by atomic mass is 16.5. The van der Waals surface area contributed by atoms with E-state index in [0.717, 1.165) is 13.0 Å². The Morgan fingerprint density at radius 3 is 2.85 bits per heavy atom. The number of carbonyl (C=O) groups is 1. The van der Waals surface area contributed by atoms with Crippen LogP contribution in [0.3, 0.4) is 0 Å². The van der Waals surface area contributed by atoms with Crippen LogP contribution in [0.15, 0.2) is 42.7 Å². The SMILES string of the molecule is CC(C)Oc1cncc(C(=O)CC[C@@H](O)[C@@H]2Cc3ccccc3CN2)c1. The van der Waals surface area contributed by atoms with Crippen molar-refractivity contribution in [2.45, 2.75) is 57.9 Å². The lowest BCUT2D eigenvalue weighted by Gasteiger charge is -2.29. The fourth-order valence-corrected chi connectivity index (χ4v) is 3.28. The molecule has 0 radical (unpaired) electrons. The van der Waals surface area contributed by atoms with Crippen molar-refractivity contribution in [2.75, 3.05) is 0 Å². The first-order valence-electron chi connectivity index (χ1n) is 9.16. The van der Waals surface area contributed by atoms with Crippen molar-refractivity contribution in [3.05, 3.63) is 59.4 Å². The van der Waals surface area contributed by atoms with Gasteiger partial charge in [-0.25, -0.2) is 0 Å². The summed E-state index contributed by atoms with van der Waals surface area (Å²) in [4.78, 5) is 16.5. The molecule has 26 heavy (non-hydrogen) atoms. The number of ether oxygens (including phenoxy) is 1. The number of hydrogen-bond acceptors (Lipinski definition) is 5. The number of nitrogens with zero attached hydrogens (tertiary/aromatic N) is 1. The van der Waals surface area contributed by atoms with E-state index in [4.69, 9.17) is 4.74 Å². The van der Waals surface area contributed by atoms with Crippen molar-refractivity contribution in [2.24, 2.45) is 0 Å². The molecule has 1 aliphatic rings. The summed E-state index contributed by atoms with van der Waals surface area (Å²) in [5.74, 6) is 0.568. The number of rotatable bonds is 7. The number of aliphatic hydroxyl groups is 1. The monoisotopic (exact) mass is 354 g/mol. The van der Waals surface area contributed by atoms with Gasteiger partial charge in [-0.2, -0.15) is 0 Å². The molecule has 2 atom stereocenters. The number of nitrogens with one attached hydrogen (secondary N) is 1. The van der Waals surface area contributed by atoms with Crippen molar-refractivity contribution >= 4 is 5.78 Å². The van der Waals surface area contributed by atoms with Crippen molar-refractivity contribution in [1.82, 2.24) is 10.3 Å². The van der Waals surface area contributed by atoms with Gasteiger partial charge in [0.25, 0.3) is 0 Å². The number of carbonyl (C=O) groups excluding carboxylic acids is 1. The molecule has 0 saturated carbocycles. The van der Waals surface area contributed by atoms with Crippen LogP contribution >= 0.6 is 0 Å². The topological polar surface area (TPSA) is 71.5 Å². The van der Waals surface area contributed by atoms with Crippen LogP contribution < -0.4 is 10.1 Å². The first-order chi connectivity index (χ1) is 12.5. The van der Waals surface area contributed by atoms with E-state index in [9.17, 15) is 9.90 Å². The number of benzene rings is 1. The van der Waals surface area contributed by atoms with Crippen LogP contribution in [0.1, 0.15) is 48.2 Å². The van der Waals surface area contributed by atoms with Gasteiger partial charge in [-0.05, 0) is 43.9 Å². The molecule has 5 heteroatoms. The van der Waals surface area contributed by atoms with Gasteiger partial charge < -0.3 is 15.2 Å². The molecule has 2 aromatic rings. The third-order valence-corrected chi connectivity index (χ3v) is 4.65. The second kappa shape index (κ2) is 8.43. The van der Waals surface area contributed by atoms with Gasteiger partial charge in [0.05, 0.1) is 18.4 Å². The Labute approximate surface area is 154 Å². The second-order valence-electron chi connectivity index (χ2n) is 7.07. The minimum Gasteiger partial charge on any atom is -0.489 e. The van der Waals surface area contributed by atoms with Gasteiger partial charge in [0.2, 0.25) is 0 Å². The fourth-order valence-electron chi connectivity index (χ4n) is 3.28. The molecule has 1 aromatic heterocycles. The predicted octanol–water partition coefficient (Wildman–Crippen LogP) is 2.91. The Hall–Kier alpha value is -2.24. The largest absolute Gasteiger partial charge is 0.489 e. The summed E-state index contributed by atoms with van der Waals surface area (Å²) in [7, 11) is 0. The van der Waals surface area contributed by atoms with E-state index in [1.807, 2.05) is 26.0 Å². The summed E-state index contributed by atoms with van der Waals surface area (Å²) in [6.45, 7) is 4.62. The number of pyridine rings is 1. The molecule has 0 aliphatic carbocycles. The maximum Gasteiger partial charge on any atom is 0.164 e. The van der Waals surface area contributed by atoms with Crippen molar-refractivity contribution < 1.29 is 14.6 Å². The average molecular weight is 354 g/mol. The van der Waals surface area contributed by atoms with Crippen LogP contribution in [-0.2, 0) is 13.0 Å². The van der Waals surface area contributed by atoms with Crippen molar-refractivity contribution in [3.8, 4) is 5.75 Å². The summed E-state index contributed by atoms with van der Waals surface area (Å²) in [6, 6.07) is 9.96. The summed E-state index contributed by atoms with van der Waals surface area (Å²) in [5.41, 5.74) is 3.07. The first kappa shape index (κ1) is 18.5. The van der Waals surface area contributed by atoms with E-state index in [0.29, 0.717) is 17.7 Å². The minimum atomic E-state index is -0.560. The third-order valence-electron chi connectivity index (χ3n) is 4.65. The summed E-state index contributed by atoms with van der Waals surface area (Å²) in [5, 5.41) is 13.9. The zero-order chi connectivity index (χ0) is 18.5. The zero-order valence-electron chi connectivity index (χ0n) is 15.3. The highest BCUT2D eigenvalue weighted by Crippen LogP contribution is 2.20. The van der Waals surface area contributed by atoms with E-state index >= 15 is 0 Å².